The third kappa shape index (κ3) is 2.73. The van der Waals surface area contributed by atoms with Crippen LogP contribution in [-0.2, 0) is 11.3 Å². The van der Waals surface area contributed by atoms with Gasteiger partial charge in [0, 0.05) is 18.0 Å². The van der Waals surface area contributed by atoms with Crippen molar-refractivity contribution in [3.8, 4) is 5.75 Å². The summed E-state index contributed by atoms with van der Waals surface area (Å²) in [5, 5.41) is 11.2. The molecule has 1 amide bonds. The van der Waals surface area contributed by atoms with Crippen LogP contribution in [0.3, 0.4) is 0 Å². The predicted octanol–water partition coefficient (Wildman–Crippen LogP) is 0.577. The minimum atomic E-state index is -0.998. The van der Waals surface area contributed by atoms with Gasteiger partial charge in [0.25, 0.3) is 17.2 Å². The number of rotatable bonds is 5. The van der Waals surface area contributed by atoms with Crippen LogP contribution in [0.5, 0.6) is 5.75 Å². The second kappa shape index (κ2) is 5.80. The summed E-state index contributed by atoms with van der Waals surface area (Å²) < 4.78 is 6.56. The summed E-state index contributed by atoms with van der Waals surface area (Å²) in [5.41, 5.74) is 4.72. The summed E-state index contributed by atoms with van der Waals surface area (Å²) in [5.74, 6) is -0.831. The normalized spacial score (nSPS) is 12.1. The molecule has 2 heterocycles. The van der Waals surface area contributed by atoms with Crippen molar-refractivity contribution in [2.45, 2.75) is 26.5 Å². The van der Waals surface area contributed by atoms with Crippen LogP contribution in [0.4, 0.5) is 5.69 Å². The van der Waals surface area contributed by atoms with Gasteiger partial charge in [-0.2, -0.15) is 0 Å². The Bertz CT molecular complexity index is 814. The molecular formula is C13H14N4O5. The van der Waals surface area contributed by atoms with Crippen LogP contribution in [0.15, 0.2) is 23.1 Å². The lowest BCUT2D eigenvalue weighted by Gasteiger charge is -2.14. The van der Waals surface area contributed by atoms with Gasteiger partial charge in [-0.05, 0) is 19.9 Å². The number of fused-ring (bicyclic) bond motifs is 1. The molecule has 2 aromatic rings. The third-order valence-corrected chi connectivity index (χ3v) is 3.11. The molecule has 22 heavy (non-hydrogen) atoms. The largest absolute Gasteiger partial charge is 0.475 e. The molecule has 116 valence electrons. The molecule has 9 nitrogen and oxygen atoms in total. The zero-order valence-electron chi connectivity index (χ0n) is 12.0. The van der Waals surface area contributed by atoms with Crippen LogP contribution in [-0.4, -0.2) is 26.5 Å². The first-order chi connectivity index (χ1) is 10.3. The van der Waals surface area contributed by atoms with Gasteiger partial charge in [-0.3, -0.25) is 24.3 Å². The van der Waals surface area contributed by atoms with E-state index >= 15 is 0 Å². The Morgan fingerprint density at radius 3 is 2.77 bits per heavy atom. The fourth-order valence-corrected chi connectivity index (χ4v) is 1.95. The van der Waals surface area contributed by atoms with E-state index in [0.29, 0.717) is 17.6 Å². The van der Waals surface area contributed by atoms with Crippen molar-refractivity contribution < 1.29 is 14.5 Å². The summed E-state index contributed by atoms with van der Waals surface area (Å²) in [6.45, 7) is 3.43. The van der Waals surface area contributed by atoms with E-state index in [1.54, 1.807) is 6.92 Å². The number of nitrogens with two attached hydrogens (primary N) is 1. The van der Waals surface area contributed by atoms with Gasteiger partial charge in [0.2, 0.25) is 0 Å². The molecule has 9 heteroatoms. The fourth-order valence-electron chi connectivity index (χ4n) is 1.95. The highest BCUT2D eigenvalue weighted by Crippen LogP contribution is 2.21. The monoisotopic (exact) mass is 306 g/mol. The summed E-state index contributed by atoms with van der Waals surface area (Å²) in [7, 11) is 0. The molecule has 0 aliphatic rings. The predicted molar refractivity (Wildman–Crippen MR) is 77.6 cm³/mol. The average molecular weight is 306 g/mol. The lowest BCUT2D eigenvalue weighted by molar-refractivity contribution is -0.385. The lowest BCUT2D eigenvalue weighted by Crippen LogP contribution is -2.33. The topological polar surface area (TPSA) is 130 Å². The summed E-state index contributed by atoms with van der Waals surface area (Å²) >= 11 is 0. The van der Waals surface area contributed by atoms with Crippen molar-refractivity contribution in [3.63, 3.8) is 0 Å². The molecule has 2 aromatic heterocycles. The Labute approximate surface area is 124 Å². The SMILES string of the molecule is CCn1c(=O)c(OC(C)C(N)=O)cc2cc([N+](=O)[O-])cnc21. The van der Waals surface area contributed by atoms with Gasteiger partial charge in [0.15, 0.2) is 11.9 Å². The van der Waals surface area contributed by atoms with E-state index < -0.39 is 22.5 Å². The third-order valence-electron chi connectivity index (χ3n) is 3.11. The highest BCUT2D eigenvalue weighted by Gasteiger charge is 2.17. The zero-order valence-corrected chi connectivity index (χ0v) is 12.0. The van der Waals surface area contributed by atoms with Gasteiger partial charge in [-0.1, -0.05) is 0 Å². The number of amides is 1. The first-order valence-corrected chi connectivity index (χ1v) is 6.49. The lowest BCUT2D eigenvalue weighted by atomic mass is 10.2. The van der Waals surface area contributed by atoms with Crippen molar-refractivity contribution in [3.05, 3.63) is 38.8 Å². The number of carbonyl (C=O) groups is 1. The van der Waals surface area contributed by atoms with Crippen LogP contribution in [0.2, 0.25) is 0 Å². The second-order valence-corrected chi connectivity index (χ2v) is 4.58. The number of hydrogen-bond donors (Lipinski definition) is 1. The standard InChI is InChI=1S/C13H14N4O5/c1-3-16-12-8(4-9(6-15-12)17(20)21)5-10(13(16)19)22-7(2)11(14)18/h4-7H,3H2,1-2H3,(H2,14,18). The number of carbonyl (C=O) groups excluding carboxylic acids is 1. The number of pyridine rings is 2. The quantitative estimate of drug-likeness (QED) is 0.635. The minimum absolute atomic E-state index is 0.108. The molecule has 0 aliphatic heterocycles. The highest BCUT2D eigenvalue weighted by atomic mass is 16.6. The number of aryl methyl sites for hydroxylation is 1. The van der Waals surface area contributed by atoms with Crippen molar-refractivity contribution in [1.82, 2.24) is 9.55 Å². The van der Waals surface area contributed by atoms with Gasteiger partial charge in [0.1, 0.15) is 11.8 Å². The van der Waals surface area contributed by atoms with Gasteiger partial charge in [0.05, 0.1) is 4.92 Å². The van der Waals surface area contributed by atoms with Crippen molar-refractivity contribution in [1.29, 1.82) is 0 Å². The number of primary amides is 1. The molecule has 2 N–H and O–H groups in total. The maximum Gasteiger partial charge on any atom is 0.294 e. The van der Waals surface area contributed by atoms with Gasteiger partial charge in [-0.15, -0.1) is 0 Å². The highest BCUT2D eigenvalue weighted by molar-refractivity contribution is 5.80. The number of hydrogen-bond acceptors (Lipinski definition) is 6. The van der Waals surface area contributed by atoms with Crippen LogP contribution in [0.25, 0.3) is 11.0 Å². The first-order valence-electron chi connectivity index (χ1n) is 6.49. The molecule has 0 aromatic carbocycles. The van der Waals surface area contributed by atoms with Gasteiger partial charge in [-0.25, -0.2) is 4.98 Å². The number of nitro groups is 1. The molecule has 0 spiro atoms. The molecule has 0 saturated carbocycles. The molecule has 0 radical (unpaired) electrons. The molecule has 1 unspecified atom stereocenters. The molecule has 0 aliphatic carbocycles. The Morgan fingerprint density at radius 2 is 2.23 bits per heavy atom. The maximum absolute atomic E-state index is 12.3. The fraction of sp³-hybridized carbons (Fsp3) is 0.308. The Morgan fingerprint density at radius 1 is 1.55 bits per heavy atom. The summed E-state index contributed by atoms with van der Waals surface area (Å²) in [6.07, 6.45) is 0.0858. The zero-order chi connectivity index (χ0) is 16.4. The van der Waals surface area contributed by atoms with E-state index in [4.69, 9.17) is 10.5 Å². The van der Waals surface area contributed by atoms with Crippen LogP contribution in [0.1, 0.15) is 13.8 Å². The molecule has 1 atom stereocenters. The Hall–Kier alpha value is -2.97. The van der Waals surface area contributed by atoms with E-state index in [1.165, 1.54) is 23.6 Å². The average Bonchev–Trinajstić information content (AvgIpc) is 2.47. The van der Waals surface area contributed by atoms with E-state index in [1.807, 2.05) is 0 Å². The van der Waals surface area contributed by atoms with E-state index in [0.717, 1.165) is 6.20 Å². The smallest absolute Gasteiger partial charge is 0.294 e. The second-order valence-electron chi connectivity index (χ2n) is 4.58. The summed E-state index contributed by atoms with van der Waals surface area (Å²) in [4.78, 5) is 37.6. The molecule has 2 rings (SSSR count). The molecule has 0 bridgehead atoms. The Kier molecular flexibility index (Phi) is 4.06. The van der Waals surface area contributed by atoms with Crippen LogP contribution >= 0.6 is 0 Å². The minimum Gasteiger partial charge on any atom is -0.475 e. The number of nitrogens with zero attached hydrogens (tertiary/aromatic N) is 3. The molecule has 0 saturated heterocycles. The van der Waals surface area contributed by atoms with E-state index in [2.05, 4.69) is 4.98 Å². The van der Waals surface area contributed by atoms with Gasteiger partial charge >= 0.3 is 0 Å². The van der Waals surface area contributed by atoms with Gasteiger partial charge < -0.3 is 10.5 Å². The number of aromatic nitrogens is 2. The maximum atomic E-state index is 12.3. The Balaban J connectivity index is 2.67. The van der Waals surface area contributed by atoms with Crippen LogP contribution < -0.4 is 16.0 Å². The van der Waals surface area contributed by atoms with Crippen molar-refractivity contribution in [2.24, 2.45) is 5.73 Å². The summed E-state index contributed by atoms with van der Waals surface area (Å²) in [6, 6.07) is 2.61. The van der Waals surface area contributed by atoms with Crippen molar-refractivity contribution >= 4 is 22.6 Å². The molecule has 0 fully saturated rings. The molecular weight excluding hydrogens is 292 g/mol. The van der Waals surface area contributed by atoms with E-state index in [9.17, 15) is 19.7 Å². The van der Waals surface area contributed by atoms with Crippen LogP contribution in [0, 0.1) is 10.1 Å². The van der Waals surface area contributed by atoms with E-state index in [-0.39, 0.29) is 11.4 Å². The number of ether oxygens (including phenoxy) is 1. The first kappa shape index (κ1) is 15.4. The van der Waals surface area contributed by atoms with Crippen molar-refractivity contribution in [2.75, 3.05) is 0 Å².